The van der Waals surface area contributed by atoms with Crippen molar-refractivity contribution in [1.82, 2.24) is 0 Å². The zero-order valence-corrected chi connectivity index (χ0v) is 7.61. The number of hydrogen-bond donors (Lipinski definition) is 2. The number of aliphatic carboxylic acids is 1. The molecule has 0 saturated carbocycles. The first kappa shape index (κ1) is 10.7. The molecule has 13 heavy (non-hydrogen) atoms. The van der Waals surface area contributed by atoms with Gasteiger partial charge >= 0.3 is 11.9 Å². The summed E-state index contributed by atoms with van der Waals surface area (Å²) in [7, 11) is 0. The summed E-state index contributed by atoms with van der Waals surface area (Å²) in [4.78, 5) is 10.2. The lowest BCUT2D eigenvalue weighted by Gasteiger charge is -2.35. The average Bonchev–Trinajstić information content (AvgIpc) is 2.05. The van der Waals surface area contributed by atoms with Crippen molar-refractivity contribution in [2.45, 2.75) is 24.4 Å². The summed E-state index contributed by atoms with van der Waals surface area (Å²) in [6, 6.07) is 0. The number of carboxylic acid groups (broad SMARTS) is 1. The Hall–Kier alpha value is -0.360. The predicted octanol–water partition coefficient (Wildman–Crippen LogP) is 0.964. The van der Waals surface area contributed by atoms with E-state index in [1.54, 1.807) is 0 Å². The van der Waals surface area contributed by atoms with Gasteiger partial charge < -0.3 is 10.2 Å². The Morgan fingerprint density at radius 1 is 1.38 bits per heavy atom. The largest absolute Gasteiger partial charge is 0.477 e. The second kappa shape index (κ2) is 3.42. The van der Waals surface area contributed by atoms with E-state index in [9.17, 15) is 18.7 Å². The number of carboxylic acids is 1. The lowest BCUT2D eigenvalue weighted by atomic mass is 9.89. The van der Waals surface area contributed by atoms with Gasteiger partial charge in [0.1, 0.15) is 5.60 Å². The highest BCUT2D eigenvalue weighted by Crippen LogP contribution is 2.39. The normalized spacial score (nSPS) is 22.7. The van der Waals surface area contributed by atoms with Crippen molar-refractivity contribution in [3.05, 3.63) is 0 Å². The minimum absolute atomic E-state index is 0.170. The molecule has 0 aliphatic carbocycles. The van der Waals surface area contributed by atoms with Crippen molar-refractivity contribution in [3.8, 4) is 0 Å². The fourth-order valence-electron chi connectivity index (χ4n) is 1.22. The van der Waals surface area contributed by atoms with Gasteiger partial charge in [0.2, 0.25) is 0 Å². The Kier molecular flexibility index (Phi) is 2.82. The molecule has 0 radical (unpaired) electrons. The van der Waals surface area contributed by atoms with E-state index in [1.807, 2.05) is 0 Å². The number of halogens is 2. The smallest absolute Gasteiger partial charge is 0.377 e. The number of hydrogen-bond acceptors (Lipinski definition) is 3. The highest BCUT2D eigenvalue weighted by atomic mass is 32.2. The van der Waals surface area contributed by atoms with Gasteiger partial charge in [0.05, 0.1) is 0 Å². The summed E-state index contributed by atoms with van der Waals surface area (Å²) >= 11 is 1.44. The Morgan fingerprint density at radius 2 is 1.85 bits per heavy atom. The summed E-state index contributed by atoms with van der Waals surface area (Å²) < 4.78 is 25.9. The van der Waals surface area contributed by atoms with Crippen LogP contribution in [-0.2, 0) is 4.79 Å². The van der Waals surface area contributed by atoms with Crippen molar-refractivity contribution in [1.29, 1.82) is 0 Å². The number of alkyl halides is 2. The van der Waals surface area contributed by atoms with E-state index in [4.69, 9.17) is 5.11 Å². The van der Waals surface area contributed by atoms with Crippen LogP contribution in [0.3, 0.4) is 0 Å². The number of aliphatic hydroxyl groups is 1. The lowest BCUT2D eigenvalue weighted by molar-refractivity contribution is -0.210. The first-order valence-corrected chi connectivity index (χ1v) is 4.97. The predicted molar refractivity (Wildman–Crippen MR) is 44.1 cm³/mol. The van der Waals surface area contributed by atoms with Gasteiger partial charge in [-0.3, -0.25) is 0 Å². The molecule has 1 fully saturated rings. The second-order valence-electron chi connectivity index (χ2n) is 3.02. The Morgan fingerprint density at radius 3 is 2.23 bits per heavy atom. The second-order valence-corrected chi connectivity index (χ2v) is 4.25. The van der Waals surface area contributed by atoms with E-state index in [1.165, 1.54) is 11.8 Å². The third-order valence-corrected chi connectivity index (χ3v) is 3.16. The zero-order chi connectivity index (χ0) is 10.1. The Bertz CT molecular complexity index is 214. The molecular weight excluding hydrogens is 202 g/mol. The molecule has 1 rings (SSSR count). The van der Waals surface area contributed by atoms with Crippen molar-refractivity contribution in [2.75, 3.05) is 11.5 Å². The van der Waals surface area contributed by atoms with E-state index in [2.05, 4.69) is 0 Å². The van der Waals surface area contributed by atoms with Crippen molar-refractivity contribution >= 4 is 17.7 Å². The van der Waals surface area contributed by atoms with Crippen LogP contribution in [0.15, 0.2) is 0 Å². The minimum atomic E-state index is -4.03. The lowest BCUT2D eigenvalue weighted by Crippen LogP contribution is -2.55. The molecule has 0 aromatic carbocycles. The van der Waals surface area contributed by atoms with Crippen LogP contribution in [-0.4, -0.2) is 39.2 Å². The van der Waals surface area contributed by atoms with Crippen LogP contribution in [0.2, 0.25) is 0 Å². The first-order valence-electron chi connectivity index (χ1n) is 3.81. The summed E-state index contributed by atoms with van der Waals surface area (Å²) in [6.07, 6.45) is -0.339. The molecule has 6 heteroatoms. The van der Waals surface area contributed by atoms with Crippen LogP contribution in [0.25, 0.3) is 0 Å². The number of thioether (sulfide) groups is 1. The first-order chi connectivity index (χ1) is 5.90. The maximum absolute atomic E-state index is 13.0. The molecule has 1 saturated heterocycles. The van der Waals surface area contributed by atoms with E-state index in [0.29, 0.717) is 11.5 Å². The molecule has 0 aromatic heterocycles. The minimum Gasteiger partial charge on any atom is -0.477 e. The summed E-state index contributed by atoms with van der Waals surface area (Å²) in [5.74, 6) is -5.53. The van der Waals surface area contributed by atoms with Crippen molar-refractivity contribution in [3.63, 3.8) is 0 Å². The molecule has 1 aliphatic rings. The monoisotopic (exact) mass is 212 g/mol. The molecule has 0 unspecified atom stereocenters. The third kappa shape index (κ3) is 1.78. The van der Waals surface area contributed by atoms with Gasteiger partial charge in [-0.2, -0.15) is 20.5 Å². The van der Waals surface area contributed by atoms with Crippen molar-refractivity contribution < 1.29 is 23.8 Å². The van der Waals surface area contributed by atoms with E-state index < -0.39 is 17.5 Å². The quantitative estimate of drug-likeness (QED) is 0.716. The van der Waals surface area contributed by atoms with Gasteiger partial charge in [0, 0.05) is 0 Å². The number of carbonyl (C=O) groups is 1. The van der Waals surface area contributed by atoms with Gasteiger partial charge in [-0.05, 0) is 24.3 Å². The van der Waals surface area contributed by atoms with Gasteiger partial charge in [-0.25, -0.2) is 4.79 Å². The average molecular weight is 212 g/mol. The maximum Gasteiger partial charge on any atom is 0.377 e. The molecule has 0 atom stereocenters. The SMILES string of the molecule is O=C(O)C(F)(F)C1(O)CCSCC1. The molecule has 1 aliphatic heterocycles. The fraction of sp³-hybridized carbons (Fsp3) is 0.857. The molecule has 1 heterocycles. The van der Waals surface area contributed by atoms with Crippen LogP contribution in [0.1, 0.15) is 12.8 Å². The summed E-state index contributed by atoms with van der Waals surface area (Å²) in [5, 5.41) is 17.7. The highest BCUT2D eigenvalue weighted by molar-refractivity contribution is 7.99. The molecular formula is C7H10F2O3S. The topological polar surface area (TPSA) is 57.5 Å². The molecule has 2 N–H and O–H groups in total. The van der Waals surface area contributed by atoms with Crippen LogP contribution in [0, 0.1) is 0 Å². The maximum atomic E-state index is 13.0. The zero-order valence-electron chi connectivity index (χ0n) is 6.80. The van der Waals surface area contributed by atoms with Crippen LogP contribution in [0.5, 0.6) is 0 Å². The fourth-order valence-corrected chi connectivity index (χ4v) is 2.39. The van der Waals surface area contributed by atoms with Crippen LogP contribution < -0.4 is 0 Å². The van der Waals surface area contributed by atoms with E-state index in [-0.39, 0.29) is 12.8 Å². The molecule has 0 bridgehead atoms. The van der Waals surface area contributed by atoms with Gasteiger partial charge in [-0.15, -0.1) is 0 Å². The molecule has 76 valence electrons. The Balaban J connectivity index is 2.82. The van der Waals surface area contributed by atoms with Crippen molar-refractivity contribution in [2.24, 2.45) is 0 Å². The third-order valence-electron chi connectivity index (χ3n) is 2.17. The molecule has 0 aromatic rings. The highest BCUT2D eigenvalue weighted by Gasteiger charge is 2.58. The molecule has 3 nitrogen and oxygen atoms in total. The van der Waals surface area contributed by atoms with Crippen LogP contribution >= 0.6 is 11.8 Å². The van der Waals surface area contributed by atoms with Crippen LogP contribution in [0.4, 0.5) is 8.78 Å². The van der Waals surface area contributed by atoms with Gasteiger partial charge in [0.25, 0.3) is 0 Å². The standard InChI is InChI=1S/C7H10F2O3S/c8-7(9,5(10)11)6(12)1-3-13-4-2-6/h12H,1-4H2,(H,10,11). The Labute approximate surface area is 78.1 Å². The number of rotatable bonds is 2. The molecule has 0 spiro atoms. The summed E-state index contributed by atoms with van der Waals surface area (Å²) in [6.45, 7) is 0. The van der Waals surface area contributed by atoms with Gasteiger partial charge in [0.15, 0.2) is 0 Å². The molecule has 0 amide bonds. The van der Waals surface area contributed by atoms with E-state index >= 15 is 0 Å². The summed E-state index contributed by atoms with van der Waals surface area (Å²) in [5.41, 5.74) is -2.36. The van der Waals surface area contributed by atoms with Gasteiger partial charge in [-0.1, -0.05) is 0 Å². The van der Waals surface area contributed by atoms with E-state index in [0.717, 1.165) is 0 Å².